The molecule has 4 nitrogen and oxygen atoms in total. The molecule has 1 heterocycles. The van der Waals surface area contributed by atoms with E-state index in [1.54, 1.807) is 24.3 Å². The van der Waals surface area contributed by atoms with Crippen molar-refractivity contribution in [1.82, 2.24) is 4.90 Å². The number of hydrogen-bond acceptors (Lipinski definition) is 2. The van der Waals surface area contributed by atoms with Crippen LogP contribution in [0.3, 0.4) is 0 Å². The lowest BCUT2D eigenvalue weighted by Crippen LogP contribution is -2.34. The Morgan fingerprint density at radius 1 is 1.12 bits per heavy atom. The van der Waals surface area contributed by atoms with E-state index in [4.69, 9.17) is 11.6 Å². The number of carbonyl (C=O) groups excluding carboxylic acids is 2. The Balaban J connectivity index is 1.87. The molecule has 3 rings (SSSR count). The molecule has 0 bridgehead atoms. The van der Waals surface area contributed by atoms with Gasteiger partial charge in [-0.1, -0.05) is 11.6 Å². The minimum Gasteiger partial charge on any atom is -0.285 e. The van der Waals surface area contributed by atoms with Gasteiger partial charge in [0.2, 0.25) is 0 Å². The summed E-state index contributed by atoms with van der Waals surface area (Å²) >= 11 is 5.79. The second-order valence-electron chi connectivity index (χ2n) is 4.34. The molecule has 0 atom stereocenters. The van der Waals surface area contributed by atoms with Gasteiger partial charge < -0.3 is 0 Å². The number of imide groups is 1. The lowest BCUT2D eigenvalue weighted by Gasteiger charge is -2.16. The highest BCUT2D eigenvalue weighted by Gasteiger charge is 2.45. The summed E-state index contributed by atoms with van der Waals surface area (Å²) in [5, 5.41) is 0.616. The quantitative estimate of drug-likeness (QED) is 0.756. The molecule has 0 aromatic heterocycles. The number of anilines is 1. The van der Waals surface area contributed by atoms with E-state index >= 15 is 0 Å². The maximum atomic E-state index is 12.1. The normalized spacial score (nSPS) is 20.3. The van der Waals surface area contributed by atoms with Crippen LogP contribution in [0.15, 0.2) is 24.3 Å². The maximum absolute atomic E-state index is 12.1. The number of urea groups is 1. The van der Waals surface area contributed by atoms with Crippen molar-refractivity contribution in [2.24, 2.45) is 0 Å². The lowest BCUT2D eigenvalue weighted by molar-refractivity contribution is -0.125. The smallest absolute Gasteiger partial charge is 0.285 e. The third kappa shape index (κ3) is 1.78. The van der Waals surface area contributed by atoms with Crippen molar-refractivity contribution in [2.75, 3.05) is 11.4 Å². The molecule has 1 aliphatic heterocycles. The second-order valence-corrected chi connectivity index (χ2v) is 4.78. The Morgan fingerprint density at radius 2 is 1.76 bits per heavy atom. The topological polar surface area (TPSA) is 40.6 Å². The van der Waals surface area contributed by atoms with E-state index in [-0.39, 0.29) is 24.5 Å². The van der Waals surface area contributed by atoms with E-state index < -0.39 is 0 Å². The molecule has 1 aromatic carbocycles. The van der Waals surface area contributed by atoms with Gasteiger partial charge in [0.25, 0.3) is 5.91 Å². The highest BCUT2D eigenvalue weighted by atomic mass is 35.5. The van der Waals surface area contributed by atoms with Crippen LogP contribution in [0.2, 0.25) is 5.02 Å². The summed E-state index contributed by atoms with van der Waals surface area (Å²) in [7, 11) is 0. The van der Waals surface area contributed by atoms with E-state index in [0.29, 0.717) is 5.02 Å². The number of amides is 3. The van der Waals surface area contributed by atoms with Crippen LogP contribution in [-0.4, -0.2) is 29.4 Å². The third-order valence-corrected chi connectivity index (χ3v) is 3.30. The van der Waals surface area contributed by atoms with E-state index in [1.165, 1.54) is 9.80 Å². The predicted octanol–water partition coefficient (Wildman–Crippen LogP) is 2.27. The molecule has 88 valence electrons. The molecule has 0 N–H and O–H groups in total. The average molecular weight is 251 g/mol. The molecular formula is C12H11ClN2O2. The number of hydrogen-bond donors (Lipinski definition) is 0. The van der Waals surface area contributed by atoms with Crippen molar-refractivity contribution in [3.8, 4) is 0 Å². The fourth-order valence-corrected chi connectivity index (χ4v) is 2.16. The Bertz CT molecular complexity index is 482. The van der Waals surface area contributed by atoms with Crippen molar-refractivity contribution < 1.29 is 9.59 Å². The monoisotopic (exact) mass is 250 g/mol. The first-order valence-corrected chi connectivity index (χ1v) is 5.94. The largest absolute Gasteiger partial charge is 0.331 e. The third-order valence-electron chi connectivity index (χ3n) is 3.05. The molecular weight excluding hydrogens is 240 g/mol. The molecule has 2 fully saturated rings. The first-order valence-electron chi connectivity index (χ1n) is 5.56. The molecule has 5 heteroatoms. The zero-order chi connectivity index (χ0) is 12.0. The molecule has 0 radical (unpaired) electrons. The summed E-state index contributed by atoms with van der Waals surface area (Å²) in [5.41, 5.74) is 0.718. The Morgan fingerprint density at radius 3 is 2.35 bits per heavy atom. The fraction of sp³-hybridized carbons (Fsp3) is 0.333. The van der Waals surface area contributed by atoms with E-state index in [0.717, 1.165) is 18.5 Å². The van der Waals surface area contributed by atoms with Gasteiger partial charge in [0.05, 0.1) is 0 Å². The van der Waals surface area contributed by atoms with Crippen molar-refractivity contribution in [1.29, 1.82) is 0 Å². The number of halogens is 1. The van der Waals surface area contributed by atoms with Crippen molar-refractivity contribution in [3.05, 3.63) is 29.3 Å². The van der Waals surface area contributed by atoms with Gasteiger partial charge in [-0.25, -0.2) is 4.79 Å². The van der Waals surface area contributed by atoms with Crippen LogP contribution in [-0.2, 0) is 4.79 Å². The predicted molar refractivity (Wildman–Crippen MR) is 64.1 cm³/mol. The molecule has 0 unspecified atom stereocenters. The molecule has 1 saturated heterocycles. The Hall–Kier alpha value is -1.55. The van der Waals surface area contributed by atoms with Gasteiger partial charge in [0.15, 0.2) is 0 Å². The Kier molecular flexibility index (Phi) is 2.33. The zero-order valence-corrected chi connectivity index (χ0v) is 9.85. The molecule has 17 heavy (non-hydrogen) atoms. The summed E-state index contributed by atoms with van der Waals surface area (Å²) in [6, 6.07) is 6.86. The second kappa shape index (κ2) is 3.74. The summed E-state index contributed by atoms with van der Waals surface area (Å²) in [6.07, 6.45) is 1.87. The summed E-state index contributed by atoms with van der Waals surface area (Å²) in [6.45, 7) is 0.136. The van der Waals surface area contributed by atoms with Crippen LogP contribution < -0.4 is 4.90 Å². The summed E-state index contributed by atoms with van der Waals surface area (Å²) in [4.78, 5) is 26.7. The minimum atomic E-state index is -0.208. The molecule has 1 aromatic rings. The molecule has 3 amide bonds. The van der Waals surface area contributed by atoms with E-state index in [1.807, 2.05) is 0 Å². The number of rotatable bonds is 2. The lowest BCUT2D eigenvalue weighted by atomic mass is 10.3. The van der Waals surface area contributed by atoms with Gasteiger partial charge in [-0.05, 0) is 37.1 Å². The van der Waals surface area contributed by atoms with Crippen molar-refractivity contribution >= 4 is 29.2 Å². The summed E-state index contributed by atoms with van der Waals surface area (Å²) < 4.78 is 0. The van der Waals surface area contributed by atoms with Gasteiger partial charge in [0, 0.05) is 16.8 Å². The van der Waals surface area contributed by atoms with E-state index in [9.17, 15) is 9.59 Å². The zero-order valence-electron chi connectivity index (χ0n) is 9.10. The van der Waals surface area contributed by atoms with Crippen LogP contribution in [0.4, 0.5) is 10.5 Å². The fourth-order valence-electron chi connectivity index (χ4n) is 2.03. The maximum Gasteiger partial charge on any atom is 0.331 e. The molecule has 1 saturated carbocycles. The van der Waals surface area contributed by atoms with Crippen LogP contribution in [0.5, 0.6) is 0 Å². The standard InChI is InChI=1S/C12H11ClN2O2/c13-8-1-3-9(4-2-8)14-7-11(16)15(12(14)17)10-5-6-10/h1-4,10H,5-7H2. The van der Waals surface area contributed by atoms with Gasteiger partial charge in [-0.3, -0.25) is 14.6 Å². The molecule has 0 spiro atoms. The highest BCUT2D eigenvalue weighted by Crippen LogP contribution is 2.32. The number of benzene rings is 1. The highest BCUT2D eigenvalue weighted by molar-refractivity contribution is 6.30. The van der Waals surface area contributed by atoms with Crippen LogP contribution in [0.25, 0.3) is 0 Å². The van der Waals surface area contributed by atoms with Crippen LogP contribution >= 0.6 is 11.6 Å². The number of carbonyl (C=O) groups is 2. The van der Waals surface area contributed by atoms with Crippen molar-refractivity contribution in [3.63, 3.8) is 0 Å². The van der Waals surface area contributed by atoms with Gasteiger partial charge in [-0.2, -0.15) is 0 Å². The molecule has 1 aliphatic carbocycles. The molecule has 2 aliphatic rings. The van der Waals surface area contributed by atoms with Crippen LogP contribution in [0, 0.1) is 0 Å². The minimum absolute atomic E-state index is 0.104. The SMILES string of the molecule is O=C1CN(c2ccc(Cl)cc2)C(=O)N1C1CC1. The average Bonchev–Trinajstić information content (AvgIpc) is 3.08. The first-order chi connectivity index (χ1) is 8.16. The van der Waals surface area contributed by atoms with Crippen molar-refractivity contribution in [2.45, 2.75) is 18.9 Å². The number of nitrogens with zero attached hydrogens (tertiary/aromatic N) is 2. The summed E-state index contributed by atoms with van der Waals surface area (Å²) in [5.74, 6) is -0.104. The van der Waals surface area contributed by atoms with Gasteiger partial charge >= 0.3 is 6.03 Å². The van der Waals surface area contributed by atoms with E-state index in [2.05, 4.69) is 0 Å². The van der Waals surface area contributed by atoms with Crippen LogP contribution in [0.1, 0.15) is 12.8 Å². The van der Waals surface area contributed by atoms with Gasteiger partial charge in [-0.15, -0.1) is 0 Å². The van der Waals surface area contributed by atoms with Gasteiger partial charge in [0.1, 0.15) is 6.54 Å². The first kappa shape index (κ1) is 10.6. The Labute approximate surface area is 104 Å².